The van der Waals surface area contributed by atoms with E-state index in [2.05, 4.69) is 41.0 Å². The van der Waals surface area contributed by atoms with Crippen LogP contribution < -0.4 is 0 Å². The second-order valence-electron chi connectivity index (χ2n) is 5.78. The molecule has 1 heterocycles. The van der Waals surface area contributed by atoms with Gasteiger partial charge >= 0.3 is 0 Å². The average molecular weight is 311 g/mol. The Kier molecular flexibility index (Phi) is 3.51. The lowest BCUT2D eigenvalue weighted by atomic mass is 10.1. The fourth-order valence-corrected chi connectivity index (χ4v) is 3.25. The highest BCUT2D eigenvalue weighted by atomic mass is 16.1. The van der Waals surface area contributed by atoms with Crippen LogP contribution in [0.15, 0.2) is 84.9 Å². The van der Waals surface area contributed by atoms with Crippen molar-refractivity contribution in [3.05, 3.63) is 90.5 Å². The molecule has 0 N–H and O–H groups in total. The third-order valence-corrected chi connectivity index (χ3v) is 4.29. The van der Waals surface area contributed by atoms with Gasteiger partial charge in [0.2, 0.25) is 0 Å². The van der Waals surface area contributed by atoms with Crippen LogP contribution in [-0.2, 0) is 0 Å². The molecule has 0 saturated carbocycles. The maximum atomic E-state index is 12.2. The van der Waals surface area contributed by atoms with E-state index in [1.165, 1.54) is 10.8 Å². The molecule has 1 aromatic heterocycles. The monoisotopic (exact) mass is 311 g/mol. The zero-order valence-electron chi connectivity index (χ0n) is 13.4. The van der Waals surface area contributed by atoms with Gasteiger partial charge in [0.25, 0.3) is 0 Å². The SMILES string of the molecule is C/C=C/C(=O)c1cccc(-n2c3ccccc3c3ccccc32)c1. The Morgan fingerprint density at radius 2 is 1.46 bits per heavy atom. The van der Waals surface area contributed by atoms with Crippen molar-refractivity contribution in [3.63, 3.8) is 0 Å². The van der Waals surface area contributed by atoms with Crippen LogP contribution in [0.1, 0.15) is 17.3 Å². The van der Waals surface area contributed by atoms with E-state index in [4.69, 9.17) is 0 Å². The summed E-state index contributed by atoms with van der Waals surface area (Å²) in [5, 5.41) is 2.44. The van der Waals surface area contributed by atoms with Crippen LogP contribution in [0.25, 0.3) is 27.5 Å². The van der Waals surface area contributed by atoms with Gasteiger partial charge in [0.15, 0.2) is 5.78 Å². The zero-order valence-corrected chi connectivity index (χ0v) is 13.4. The van der Waals surface area contributed by atoms with Crippen molar-refractivity contribution in [2.45, 2.75) is 6.92 Å². The lowest BCUT2D eigenvalue weighted by Gasteiger charge is -2.09. The number of ketones is 1. The number of rotatable bonds is 3. The summed E-state index contributed by atoms with van der Waals surface area (Å²) < 4.78 is 2.22. The Hall–Kier alpha value is -3.13. The van der Waals surface area contributed by atoms with E-state index in [-0.39, 0.29) is 5.78 Å². The number of carbonyl (C=O) groups is 1. The first kappa shape index (κ1) is 14.5. The third-order valence-electron chi connectivity index (χ3n) is 4.29. The lowest BCUT2D eigenvalue weighted by molar-refractivity contribution is 0.104. The second-order valence-corrected chi connectivity index (χ2v) is 5.78. The van der Waals surface area contributed by atoms with Crippen molar-refractivity contribution in [2.24, 2.45) is 0 Å². The van der Waals surface area contributed by atoms with Crippen LogP contribution in [-0.4, -0.2) is 10.4 Å². The fraction of sp³-hybridized carbons (Fsp3) is 0.0455. The smallest absolute Gasteiger partial charge is 0.185 e. The highest BCUT2D eigenvalue weighted by Crippen LogP contribution is 2.31. The highest BCUT2D eigenvalue weighted by Gasteiger charge is 2.12. The van der Waals surface area contributed by atoms with Gasteiger partial charge in [0.05, 0.1) is 11.0 Å². The molecule has 0 atom stereocenters. The number of aromatic nitrogens is 1. The van der Waals surface area contributed by atoms with Gasteiger partial charge in [-0.25, -0.2) is 0 Å². The zero-order chi connectivity index (χ0) is 16.5. The molecule has 4 rings (SSSR count). The molecule has 2 heteroatoms. The molecule has 0 spiro atoms. The topological polar surface area (TPSA) is 22.0 Å². The number of allylic oxidation sites excluding steroid dienone is 2. The minimum Gasteiger partial charge on any atom is -0.309 e. The summed E-state index contributed by atoms with van der Waals surface area (Å²) in [6, 6.07) is 24.6. The van der Waals surface area contributed by atoms with E-state index in [1.54, 1.807) is 12.2 Å². The summed E-state index contributed by atoms with van der Waals surface area (Å²) >= 11 is 0. The van der Waals surface area contributed by atoms with Crippen LogP contribution in [0.5, 0.6) is 0 Å². The molecule has 24 heavy (non-hydrogen) atoms. The number of benzene rings is 3. The first-order chi connectivity index (χ1) is 11.8. The largest absolute Gasteiger partial charge is 0.309 e. The number of nitrogens with zero attached hydrogens (tertiary/aromatic N) is 1. The Morgan fingerprint density at radius 1 is 0.833 bits per heavy atom. The minimum atomic E-state index is 0.0279. The van der Waals surface area contributed by atoms with Crippen LogP contribution >= 0.6 is 0 Å². The normalized spacial score (nSPS) is 11.5. The molecule has 4 aromatic rings. The number of carbonyl (C=O) groups excluding carboxylic acids is 1. The molecule has 0 fully saturated rings. The van der Waals surface area contributed by atoms with E-state index in [9.17, 15) is 4.79 Å². The molecule has 116 valence electrons. The van der Waals surface area contributed by atoms with Gasteiger partial charge in [-0.2, -0.15) is 0 Å². The first-order valence-electron chi connectivity index (χ1n) is 8.05. The molecule has 0 bridgehead atoms. The minimum absolute atomic E-state index is 0.0279. The predicted molar refractivity (Wildman–Crippen MR) is 99.9 cm³/mol. The molecular weight excluding hydrogens is 294 g/mol. The Balaban J connectivity index is 2.02. The molecule has 0 amide bonds. The van der Waals surface area contributed by atoms with Gasteiger partial charge in [-0.15, -0.1) is 0 Å². The van der Waals surface area contributed by atoms with Crippen LogP contribution in [0, 0.1) is 0 Å². The molecule has 0 aliphatic carbocycles. The molecule has 0 aliphatic heterocycles. The third kappa shape index (κ3) is 2.24. The Morgan fingerprint density at radius 3 is 2.08 bits per heavy atom. The van der Waals surface area contributed by atoms with Crippen molar-refractivity contribution in [1.29, 1.82) is 0 Å². The van der Waals surface area contributed by atoms with Crippen LogP contribution in [0.2, 0.25) is 0 Å². The summed E-state index contributed by atoms with van der Waals surface area (Å²) in [7, 11) is 0. The van der Waals surface area contributed by atoms with Gasteiger partial charge < -0.3 is 4.57 Å². The summed E-state index contributed by atoms with van der Waals surface area (Å²) in [6.45, 7) is 1.86. The van der Waals surface area contributed by atoms with E-state index >= 15 is 0 Å². The highest BCUT2D eigenvalue weighted by molar-refractivity contribution is 6.09. The summed E-state index contributed by atoms with van der Waals surface area (Å²) in [5.41, 5.74) is 4.00. The first-order valence-corrected chi connectivity index (χ1v) is 8.05. The van der Waals surface area contributed by atoms with Gasteiger partial charge in [-0.05, 0) is 37.3 Å². The molecule has 3 aromatic carbocycles. The maximum absolute atomic E-state index is 12.2. The standard InChI is InChI=1S/C22H17NO/c1-2-8-22(24)16-9-7-10-17(15-16)23-20-13-5-3-11-18(20)19-12-4-6-14-21(19)23/h2-15H,1H3/b8-2+. The van der Waals surface area contributed by atoms with Crippen molar-refractivity contribution < 1.29 is 4.79 Å². The Labute approximate surface area is 140 Å². The second kappa shape index (κ2) is 5.82. The number of fused-ring (bicyclic) bond motifs is 3. The molecular formula is C22H17NO. The van der Waals surface area contributed by atoms with Crippen LogP contribution in [0.4, 0.5) is 0 Å². The van der Waals surface area contributed by atoms with E-state index in [1.807, 2.05) is 43.3 Å². The van der Waals surface area contributed by atoms with Gasteiger partial charge in [0.1, 0.15) is 0 Å². The molecule has 0 saturated heterocycles. The Bertz CT molecular complexity index is 1030. The number of hydrogen-bond donors (Lipinski definition) is 0. The van der Waals surface area contributed by atoms with Crippen molar-refractivity contribution >= 4 is 27.6 Å². The van der Waals surface area contributed by atoms with Gasteiger partial charge in [0, 0.05) is 22.0 Å². The van der Waals surface area contributed by atoms with E-state index in [0.717, 1.165) is 16.7 Å². The van der Waals surface area contributed by atoms with Crippen LogP contribution in [0.3, 0.4) is 0 Å². The van der Waals surface area contributed by atoms with Gasteiger partial charge in [-0.1, -0.05) is 54.6 Å². The maximum Gasteiger partial charge on any atom is 0.185 e. The molecule has 0 radical (unpaired) electrons. The number of hydrogen-bond acceptors (Lipinski definition) is 1. The summed E-state index contributed by atoms with van der Waals surface area (Å²) in [5.74, 6) is 0.0279. The average Bonchev–Trinajstić information content (AvgIpc) is 2.97. The predicted octanol–water partition coefficient (Wildman–Crippen LogP) is 5.54. The fourth-order valence-electron chi connectivity index (χ4n) is 3.25. The molecule has 0 aliphatic rings. The van der Waals surface area contributed by atoms with E-state index in [0.29, 0.717) is 5.56 Å². The van der Waals surface area contributed by atoms with Crippen molar-refractivity contribution in [2.75, 3.05) is 0 Å². The molecule has 0 unspecified atom stereocenters. The van der Waals surface area contributed by atoms with Crippen molar-refractivity contribution in [3.8, 4) is 5.69 Å². The lowest BCUT2D eigenvalue weighted by Crippen LogP contribution is -1.98. The summed E-state index contributed by atoms with van der Waals surface area (Å²) in [4.78, 5) is 12.2. The quantitative estimate of drug-likeness (QED) is 0.359. The summed E-state index contributed by atoms with van der Waals surface area (Å²) in [6.07, 6.45) is 3.38. The van der Waals surface area contributed by atoms with Crippen molar-refractivity contribution in [1.82, 2.24) is 4.57 Å². The van der Waals surface area contributed by atoms with Gasteiger partial charge in [-0.3, -0.25) is 4.79 Å². The molecule has 2 nitrogen and oxygen atoms in total. The van der Waals surface area contributed by atoms with E-state index < -0.39 is 0 Å². The number of para-hydroxylation sites is 2.